The Morgan fingerprint density at radius 2 is 1.10 bits per heavy atom. The number of fused-ring (bicyclic) bond motifs is 5. The molecule has 0 unspecified atom stereocenters. The second-order valence-corrected chi connectivity index (χ2v) is 22.4. The maximum absolute atomic E-state index is 5.37. The topological polar surface area (TPSA) is 216 Å². The molecule has 11 aromatic rings. The van der Waals surface area contributed by atoms with Gasteiger partial charge in [0.1, 0.15) is 51.5 Å². The predicted molar refractivity (Wildman–Crippen MR) is 326 cm³/mol. The minimum absolute atomic E-state index is 0.415. The Balaban J connectivity index is 0.663. The van der Waals surface area contributed by atoms with E-state index in [0.29, 0.717) is 51.5 Å². The van der Waals surface area contributed by atoms with Gasteiger partial charge < -0.3 is 14.7 Å². The quantitative estimate of drug-likeness (QED) is 0.0692. The summed E-state index contributed by atoms with van der Waals surface area (Å²) in [5, 5.41) is 0. The molecule has 0 aliphatic carbocycles. The summed E-state index contributed by atoms with van der Waals surface area (Å²) in [6, 6.07) is 10.1. The third-order valence-electron chi connectivity index (χ3n) is 16.7. The summed E-state index contributed by atoms with van der Waals surface area (Å²) in [6.07, 6.45) is 29.4. The smallest absolute Gasteiger partial charge is 0.160 e. The van der Waals surface area contributed by atoms with Crippen LogP contribution in [-0.2, 0) is 57.9 Å². The van der Waals surface area contributed by atoms with Gasteiger partial charge in [-0.25, -0.2) is 49.8 Å². The molecular weight excluding hydrogens is 1050 g/mol. The Kier molecular flexibility index (Phi) is 14.3. The Morgan fingerprint density at radius 3 is 1.80 bits per heavy atom. The van der Waals surface area contributed by atoms with Crippen molar-refractivity contribution >= 4 is 73.8 Å². The molecule has 0 bridgehead atoms. The van der Waals surface area contributed by atoms with E-state index in [2.05, 4.69) is 74.0 Å². The molecule has 0 spiro atoms. The lowest BCUT2D eigenvalue weighted by Crippen LogP contribution is -2.22. The number of aromatic nitrogens is 17. The molecule has 0 aromatic carbocycles. The SMILES string of the molecule is C=Cn1c(/C(C)=N\Cc2cnc3c(C)nc(CCc4nc5c(CCc6ccc7nc(CCc8nc9c(C)nccn9c8N8CCCC8)ncc7n6)nccn5c4N4CCCC4)nc3c2)nc(CCc2ncc3ncccc3n2)c1N1CCCC1. The Bertz CT molecular complexity index is 4310. The van der Waals surface area contributed by atoms with Crippen LogP contribution in [0.1, 0.15) is 114 Å². The molecule has 11 aromatic heterocycles. The lowest BCUT2D eigenvalue weighted by molar-refractivity contribution is 0.827. The number of hydrogen-bond donors (Lipinski definition) is 0. The van der Waals surface area contributed by atoms with Gasteiger partial charge in [-0.2, -0.15) is 0 Å². The van der Waals surface area contributed by atoms with Crippen molar-refractivity contribution in [1.29, 1.82) is 0 Å². The highest BCUT2D eigenvalue weighted by Crippen LogP contribution is 2.32. The van der Waals surface area contributed by atoms with Crippen LogP contribution in [0.3, 0.4) is 0 Å². The molecule has 424 valence electrons. The molecule has 0 saturated carbocycles. The van der Waals surface area contributed by atoms with Crippen molar-refractivity contribution < 1.29 is 0 Å². The zero-order chi connectivity index (χ0) is 56.7. The van der Waals surface area contributed by atoms with Crippen molar-refractivity contribution in [3.8, 4) is 0 Å². The van der Waals surface area contributed by atoms with Gasteiger partial charge in [0.05, 0.1) is 75.4 Å². The fourth-order valence-electron chi connectivity index (χ4n) is 12.5. The summed E-state index contributed by atoms with van der Waals surface area (Å²) < 4.78 is 6.54. The summed E-state index contributed by atoms with van der Waals surface area (Å²) >= 11 is 0. The van der Waals surface area contributed by atoms with Gasteiger partial charge in [0.15, 0.2) is 17.1 Å². The third-order valence-corrected chi connectivity index (χ3v) is 16.7. The number of imidazole rings is 3. The zero-order valence-corrected chi connectivity index (χ0v) is 48.0. The van der Waals surface area contributed by atoms with E-state index in [9.17, 15) is 0 Å². The predicted octanol–water partition coefficient (Wildman–Crippen LogP) is 8.65. The van der Waals surface area contributed by atoms with Crippen LogP contribution in [-0.4, -0.2) is 128 Å². The largest absolute Gasteiger partial charge is 0.356 e. The van der Waals surface area contributed by atoms with Crippen LogP contribution >= 0.6 is 0 Å². The molecular formula is C63H67N21. The number of nitrogens with zero attached hydrogens (tertiary/aromatic N) is 21. The molecule has 21 nitrogen and oxygen atoms in total. The molecule has 14 heterocycles. The minimum atomic E-state index is 0.415. The van der Waals surface area contributed by atoms with Crippen LogP contribution in [0, 0.1) is 13.8 Å². The van der Waals surface area contributed by atoms with Gasteiger partial charge in [-0.1, -0.05) is 6.58 Å². The molecule has 84 heavy (non-hydrogen) atoms. The van der Waals surface area contributed by atoms with E-state index in [1.807, 2.05) is 70.1 Å². The Hall–Kier alpha value is -9.27. The van der Waals surface area contributed by atoms with Gasteiger partial charge in [-0.05, 0) is 108 Å². The molecule has 21 heteroatoms. The minimum Gasteiger partial charge on any atom is -0.356 e. The highest BCUT2D eigenvalue weighted by atomic mass is 15.3. The van der Waals surface area contributed by atoms with Gasteiger partial charge in [0.2, 0.25) is 0 Å². The fraction of sp³-hybridized carbons (Fsp3) is 0.381. The fourth-order valence-corrected chi connectivity index (χ4v) is 12.5. The van der Waals surface area contributed by atoms with Gasteiger partial charge in [-0.3, -0.25) is 38.3 Å². The average molecular weight is 1120 g/mol. The number of aliphatic imine (C=N–C) groups is 1. The van der Waals surface area contributed by atoms with E-state index in [4.69, 9.17) is 59.8 Å². The standard InChI is InChI=1S/C63H67N21/c1-5-82-58(76-48(61(82)79-27-6-7-28-79)18-21-54-68-38-52-45(73-54)13-12-24-65-52)42(4)67-36-43-35-51-57(70-37-43)40(2)71-56(75-51)23-20-50-63(81-31-10-11-32-81)84-34-26-66-47(60(84)78-50)17-15-44-14-16-46-53(72-44)39-69-55(74-46)22-19-49-62(80-29-8-9-30-80)83-33-25-64-41(3)59(83)77-49/h5,12-14,16,24-26,33-35,37-39H,1,6-11,15,17-23,27-32,36H2,2-4H3/b67-42-. The maximum atomic E-state index is 5.37. The molecule has 0 radical (unpaired) electrons. The van der Waals surface area contributed by atoms with Crippen molar-refractivity contribution in [2.75, 3.05) is 54.0 Å². The maximum Gasteiger partial charge on any atom is 0.160 e. The van der Waals surface area contributed by atoms with E-state index >= 15 is 0 Å². The van der Waals surface area contributed by atoms with Crippen molar-refractivity contribution in [1.82, 2.24) is 83.1 Å². The lowest BCUT2D eigenvalue weighted by atomic mass is 10.1. The summed E-state index contributed by atoms with van der Waals surface area (Å²) in [7, 11) is 0. The van der Waals surface area contributed by atoms with Crippen molar-refractivity contribution in [2.24, 2.45) is 4.99 Å². The van der Waals surface area contributed by atoms with Gasteiger partial charge in [0, 0.05) is 127 Å². The highest BCUT2D eigenvalue weighted by Gasteiger charge is 2.27. The second-order valence-electron chi connectivity index (χ2n) is 22.4. The van der Waals surface area contributed by atoms with E-state index in [1.54, 1.807) is 12.4 Å². The summed E-state index contributed by atoms with van der Waals surface area (Å²) in [5.41, 5.74) is 15.1. The summed E-state index contributed by atoms with van der Waals surface area (Å²) in [4.78, 5) is 81.2. The van der Waals surface area contributed by atoms with Crippen molar-refractivity contribution in [2.45, 2.75) is 117 Å². The molecule has 3 aliphatic heterocycles. The molecule has 3 aliphatic rings. The number of rotatable bonds is 19. The molecule has 3 fully saturated rings. The summed E-state index contributed by atoms with van der Waals surface area (Å²) in [6.45, 7) is 16.7. The van der Waals surface area contributed by atoms with Crippen LogP contribution in [0.2, 0.25) is 0 Å². The van der Waals surface area contributed by atoms with Crippen LogP contribution in [0.4, 0.5) is 17.5 Å². The first kappa shape index (κ1) is 52.8. The van der Waals surface area contributed by atoms with Crippen LogP contribution in [0.25, 0.3) is 50.6 Å². The second kappa shape index (κ2) is 22.8. The average Bonchev–Trinajstić information content (AvgIpc) is 4.21. The number of aryl methyl sites for hydroxylation is 10. The number of hydrogen-bond acceptors (Lipinski definition) is 18. The van der Waals surface area contributed by atoms with Crippen molar-refractivity contribution in [3.05, 3.63) is 155 Å². The first-order chi connectivity index (χ1) is 41.3. The van der Waals surface area contributed by atoms with E-state index in [1.165, 1.54) is 18.7 Å². The van der Waals surface area contributed by atoms with Crippen LogP contribution in [0.5, 0.6) is 0 Å². The Morgan fingerprint density at radius 1 is 0.500 bits per heavy atom. The molecule has 0 atom stereocenters. The molecule has 0 amide bonds. The zero-order valence-electron chi connectivity index (χ0n) is 48.0. The highest BCUT2D eigenvalue weighted by molar-refractivity contribution is 5.97. The molecule has 0 N–H and O–H groups in total. The van der Waals surface area contributed by atoms with Gasteiger partial charge >= 0.3 is 0 Å². The summed E-state index contributed by atoms with van der Waals surface area (Å²) in [5.74, 6) is 6.46. The third kappa shape index (κ3) is 10.4. The van der Waals surface area contributed by atoms with E-state index in [-0.39, 0.29) is 0 Å². The monoisotopic (exact) mass is 1120 g/mol. The first-order valence-electron chi connectivity index (χ1n) is 29.8. The number of pyridine rings is 3. The first-order valence-corrected chi connectivity index (χ1v) is 29.8. The molecule has 3 saturated heterocycles. The lowest BCUT2D eigenvalue weighted by Gasteiger charge is -2.20. The number of anilines is 3. The van der Waals surface area contributed by atoms with Gasteiger partial charge in [0.25, 0.3) is 0 Å². The van der Waals surface area contributed by atoms with Gasteiger partial charge in [-0.15, -0.1) is 0 Å². The Labute approximate surface area is 486 Å². The molecule has 14 rings (SSSR count). The normalized spacial score (nSPS) is 15.0. The van der Waals surface area contributed by atoms with E-state index < -0.39 is 0 Å². The van der Waals surface area contributed by atoms with Crippen LogP contribution < -0.4 is 14.7 Å². The van der Waals surface area contributed by atoms with E-state index in [0.717, 1.165) is 202 Å². The van der Waals surface area contributed by atoms with Crippen LogP contribution in [0.15, 0.2) is 91.5 Å². The van der Waals surface area contributed by atoms with Crippen molar-refractivity contribution in [3.63, 3.8) is 0 Å².